The van der Waals surface area contributed by atoms with Crippen LogP contribution in [0.2, 0.25) is 0 Å². The zero-order valence-corrected chi connectivity index (χ0v) is 16.2. The maximum atomic E-state index is 12.2. The maximum Gasteiger partial charge on any atom is 0.344 e. The number of amides is 1. The van der Waals surface area contributed by atoms with Crippen molar-refractivity contribution in [3.63, 3.8) is 0 Å². The summed E-state index contributed by atoms with van der Waals surface area (Å²) in [6, 6.07) is 5.67. The third kappa shape index (κ3) is 4.74. The number of halogens is 1. The zero-order valence-electron chi connectivity index (χ0n) is 13.8. The number of aryl methyl sites for hydroxylation is 1. The van der Waals surface area contributed by atoms with Gasteiger partial charge in [-0.1, -0.05) is 27.7 Å². The van der Waals surface area contributed by atoms with Crippen LogP contribution in [-0.2, 0) is 16.1 Å². The summed E-state index contributed by atoms with van der Waals surface area (Å²) in [5, 5.41) is 9.84. The van der Waals surface area contributed by atoms with Crippen molar-refractivity contribution in [2.24, 2.45) is 0 Å². The normalized spacial score (nSPS) is 17.0. The molecule has 0 saturated carbocycles. The first kappa shape index (κ1) is 18.2. The molecule has 134 valence electrons. The second-order valence-corrected chi connectivity index (χ2v) is 7.71. The van der Waals surface area contributed by atoms with Crippen LogP contribution in [0.5, 0.6) is 0 Å². The first-order valence-electron chi connectivity index (χ1n) is 7.98. The van der Waals surface area contributed by atoms with Crippen LogP contribution in [0.25, 0.3) is 0 Å². The third-order valence-electron chi connectivity index (χ3n) is 3.93. The van der Waals surface area contributed by atoms with Crippen LogP contribution in [0, 0.1) is 6.92 Å². The lowest BCUT2D eigenvalue weighted by Gasteiger charge is -2.11. The summed E-state index contributed by atoms with van der Waals surface area (Å²) < 4.78 is 8.08. The number of H-pyrrole nitrogens is 1. The van der Waals surface area contributed by atoms with Gasteiger partial charge in [0.25, 0.3) is 0 Å². The van der Waals surface area contributed by atoms with Gasteiger partial charge in [-0.3, -0.25) is 9.36 Å². The topological polar surface area (TPSA) is 89.0 Å². The van der Waals surface area contributed by atoms with Gasteiger partial charge in [0.05, 0.1) is 18.4 Å². The van der Waals surface area contributed by atoms with Crippen LogP contribution in [0.15, 0.2) is 32.6 Å². The van der Waals surface area contributed by atoms with Crippen molar-refractivity contribution in [1.29, 1.82) is 0 Å². The molecule has 0 aliphatic carbocycles. The van der Waals surface area contributed by atoms with E-state index in [4.69, 9.17) is 4.74 Å². The fourth-order valence-corrected chi connectivity index (χ4v) is 3.88. The number of rotatable bonds is 6. The highest BCUT2D eigenvalue weighted by Crippen LogP contribution is 2.21. The van der Waals surface area contributed by atoms with Crippen LogP contribution < -0.4 is 11.0 Å². The number of aromatic nitrogens is 3. The molecule has 2 aromatic rings. The number of carbonyl (C=O) groups is 1. The lowest BCUT2D eigenvalue weighted by Crippen LogP contribution is -2.25. The van der Waals surface area contributed by atoms with E-state index in [9.17, 15) is 9.59 Å². The van der Waals surface area contributed by atoms with Crippen molar-refractivity contribution in [2.45, 2.75) is 37.6 Å². The van der Waals surface area contributed by atoms with Gasteiger partial charge in [0.15, 0.2) is 5.16 Å². The number of aromatic amines is 1. The molecule has 9 heteroatoms. The van der Waals surface area contributed by atoms with Gasteiger partial charge in [-0.15, -0.1) is 5.10 Å². The molecule has 1 saturated heterocycles. The summed E-state index contributed by atoms with van der Waals surface area (Å²) in [5.41, 5.74) is 1.47. The molecule has 1 fully saturated rings. The Kier molecular flexibility index (Phi) is 5.98. The van der Waals surface area contributed by atoms with Crippen LogP contribution in [0.4, 0.5) is 5.69 Å². The molecule has 0 spiro atoms. The highest BCUT2D eigenvalue weighted by molar-refractivity contribution is 9.10. The first-order valence-corrected chi connectivity index (χ1v) is 9.76. The fourth-order valence-electron chi connectivity index (χ4n) is 2.65. The molecule has 1 atom stereocenters. The first-order chi connectivity index (χ1) is 12.0. The predicted molar refractivity (Wildman–Crippen MR) is 100 cm³/mol. The summed E-state index contributed by atoms with van der Waals surface area (Å²) in [5.74, 6) is 0.0280. The van der Waals surface area contributed by atoms with E-state index in [0.717, 1.165) is 35.2 Å². The summed E-state index contributed by atoms with van der Waals surface area (Å²) in [7, 11) is 0. The molecule has 1 unspecified atom stereocenters. The molecule has 0 bridgehead atoms. The fraction of sp³-hybridized carbons (Fsp3) is 0.438. The predicted octanol–water partition coefficient (Wildman–Crippen LogP) is 2.55. The molecule has 3 rings (SSSR count). The minimum absolute atomic E-state index is 0.0360. The van der Waals surface area contributed by atoms with Gasteiger partial charge in [0.2, 0.25) is 5.91 Å². The Labute approximate surface area is 157 Å². The molecule has 25 heavy (non-hydrogen) atoms. The number of nitrogens with one attached hydrogen (secondary N) is 2. The second kappa shape index (κ2) is 8.20. The van der Waals surface area contributed by atoms with E-state index in [2.05, 4.69) is 31.4 Å². The van der Waals surface area contributed by atoms with Crippen molar-refractivity contribution in [3.8, 4) is 0 Å². The molecule has 7 nitrogen and oxygen atoms in total. The van der Waals surface area contributed by atoms with Gasteiger partial charge < -0.3 is 10.1 Å². The van der Waals surface area contributed by atoms with E-state index in [0.29, 0.717) is 11.7 Å². The van der Waals surface area contributed by atoms with E-state index in [1.165, 1.54) is 11.8 Å². The summed E-state index contributed by atoms with van der Waals surface area (Å²) in [6.07, 6.45) is 1.98. The SMILES string of the molecule is Cc1cc(Br)ccc1NC(=O)CSc1n[nH]c(=O)n1CC1CCCO1. The Morgan fingerprint density at radius 1 is 1.56 bits per heavy atom. The summed E-state index contributed by atoms with van der Waals surface area (Å²) in [6.45, 7) is 3.13. The van der Waals surface area contributed by atoms with Gasteiger partial charge in [0.1, 0.15) is 0 Å². The molecular weight excluding hydrogens is 408 g/mol. The minimum Gasteiger partial charge on any atom is -0.376 e. The smallest absolute Gasteiger partial charge is 0.344 e. The number of carbonyl (C=O) groups excluding carboxylic acids is 1. The minimum atomic E-state index is -0.276. The molecule has 2 N–H and O–H groups in total. The van der Waals surface area contributed by atoms with E-state index in [1.807, 2.05) is 25.1 Å². The summed E-state index contributed by atoms with van der Waals surface area (Å²) >= 11 is 4.63. The molecule has 1 amide bonds. The van der Waals surface area contributed by atoms with Gasteiger partial charge >= 0.3 is 5.69 Å². The number of hydrogen-bond acceptors (Lipinski definition) is 5. The Hall–Kier alpha value is -1.58. The molecular formula is C16H19BrN4O3S. The van der Waals surface area contributed by atoms with Gasteiger partial charge in [-0.2, -0.15) is 0 Å². The van der Waals surface area contributed by atoms with Crippen LogP contribution in [-0.4, -0.2) is 39.1 Å². The number of nitrogens with zero attached hydrogens (tertiary/aromatic N) is 2. The van der Waals surface area contributed by atoms with Crippen molar-refractivity contribution in [2.75, 3.05) is 17.7 Å². The van der Waals surface area contributed by atoms with Crippen LogP contribution in [0.1, 0.15) is 18.4 Å². The quantitative estimate of drug-likeness (QED) is 0.692. The van der Waals surface area contributed by atoms with Crippen molar-refractivity contribution in [1.82, 2.24) is 14.8 Å². The largest absolute Gasteiger partial charge is 0.376 e. The average molecular weight is 427 g/mol. The third-order valence-corrected chi connectivity index (χ3v) is 5.40. The molecule has 1 aromatic carbocycles. The molecule has 1 aromatic heterocycles. The Morgan fingerprint density at radius 3 is 3.12 bits per heavy atom. The van der Waals surface area contributed by atoms with Crippen molar-refractivity contribution >= 4 is 39.3 Å². The number of hydrogen-bond donors (Lipinski definition) is 2. The zero-order chi connectivity index (χ0) is 17.8. The standard InChI is InChI=1S/C16H19BrN4O3S/c1-10-7-11(17)4-5-13(10)18-14(22)9-25-16-20-19-15(23)21(16)8-12-3-2-6-24-12/h4-5,7,12H,2-3,6,8-9H2,1H3,(H,18,22)(H,19,23). The highest BCUT2D eigenvalue weighted by atomic mass is 79.9. The Balaban J connectivity index is 1.59. The molecule has 0 radical (unpaired) electrons. The van der Waals surface area contributed by atoms with Gasteiger partial charge in [0, 0.05) is 16.8 Å². The van der Waals surface area contributed by atoms with E-state index in [-0.39, 0.29) is 23.5 Å². The van der Waals surface area contributed by atoms with E-state index < -0.39 is 0 Å². The Bertz CT molecular complexity index is 814. The van der Waals surface area contributed by atoms with Crippen molar-refractivity contribution < 1.29 is 9.53 Å². The number of benzene rings is 1. The molecule has 1 aliphatic rings. The van der Waals surface area contributed by atoms with E-state index >= 15 is 0 Å². The van der Waals surface area contributed by atoms with Gasteiger partial charge in [-0.25, -0.2) is 9.89 Å². The monoisotopic (exact) mass is 426 g/mol. The molecule has 2 heterocycles. The van der Waals surface area contributed by atoms with Crippen LogP contribution in [0.3, 0.4) is 0 Å². The highest BCUT2D eigenvalue weighted by Gasteiger charge is 2.20. The lowest BCUT2D eigenvalue weighted by molar-refractivity contribution is -0.113. The van der Waals surface area contributed by atoms with Gasteiger partial charge in [-0.05, 0) is 43.5 Å². The lowest BCUT2D eigenvalue weighted by atomic mass is 10.2. The average Bonchev–Trinajstić information content (AvgIpc) is 3.20. The van der Waals surface area contributed by atoms with E-state index in [1.54, 1.807) is 4.57 Å². The number of thioether (sulfide) groups is 1. The maximum absolute atomic E-state index is 12.2. The molecule has 1 aliphatic heterocycles. The Morgan fingerprint density at radius 2 is 2.40 bits per heavy atom. The van der Waals surface area contributed by atoms with Crippen molar-refractivity contribution in [3.05, 3.63) is 38.7 Å². The number of anilines is 1. The number of ether oxygens (including phenoxy) is 1. The second-order valence-electron chi connectivity index (χ2n) is 5.85. The van der Waals surface area contributed by atoms with Crippen LogP contribution >= 0.6 is 27.7 Å². The summed E-state index contributed by atoms with van der Waals surface area (Å²) in [4.78, 5) is 24.1.